The maximum Gasteiger partial charge on any atom is 0.408 e. The van der Waals surface area contributed by atoms with Gasteiger partial charge in [0.25, 0.3) is 5.91 Å². The molecule has 0 bridgehead atoms. The molecule has 0 fully saturated rings. The monoisotopic (exact) mass is 390 g/mol. The fraction of sp³-hybridized carbons (Fsp3) is 0.474. The number of anilines is 1. The van der Waals surface area contributed by atoms with Gasteiger partial charge in [0.2, 0.25) is 11.8 Å². The fourth-order valence-electron chi connectivity index (χ4n) is 2.54. The van der Waals surface area contributed by atoms with Crippen molar-refractivity contribution in [3.63, 3.8) is 0 Å². The minimum Gasteiger partial charge on any atom is -0.444 e. The number of ether oxygens (including phenoxy) is 1. The van der Waals surface area contributed by atoms with Crippen molar-refractivity contribution in [1.82, 2.24) is 16.1 Å². The zero-order valence-corrected chi connectivity index (χ0v) is 16.7. The van der Waals surface area contributed by atoms with Gasteiger partial charge in [-0.25, -0.2) is 9.80 Å². The van der Waals surface area contributed by atoms with Crippen LogP contribution in [0.25, 0.3) is 0 Å². The molecule has 0 spiro atoms. The quantitative estimate of drug-likeness (QED) is 0.694. The Bertz CT molecular complexity index is 787. The van der Waals surface area contributed by atoms with E-state index in [9.17, 15) is 19.2 Å². The highest BCUT2D eigenvalue weighted by Gasteiger charge is 2.30. The molecule has 28 heavy (non-hydrogen) atoms. The molecule has 0 radical (unpaired) electrons. The van der Waals surface area contributed by atoms with Crippen molar-refractivity contribution in [2.24, 2.45) is 0 Å². The Balaban J connectivity index is 1.89. The van der Waals surface area contributed by atoms with Crippen molar-refractivity contribution in [1.29, 1.82) is 0 Å². The highest BCUT2D eigenvalue weighted by Crippen LogP contribution is 2.26. The lowest BCUT2D eigenvalue weighted by Gasteiger charge is -2.24. The van der Waals surface area contributed by atoms with Crippen molar-refractivity contribution in [3.8, 4) is 0 Å². The van der Waals surface area contributed by atoms with E-state index in [4.69, 9.17) is 4.74 Å². The van der Waals surface area contributed by atoms with Crippen LogP contribution in [0.1, 0.15) is 40.2 Å². The van der Waals surface area contributed by atoms with Crippen molar-refractivity contribution in [2.75, 3.05) is 5.01 Å². The maximum atomic E-state index is 12.4. The molecule has 1 aliphatic heterocycles. The van der Waals surface area contributed by atoms with Crippen LogP contribution in [0, 0.1) is 0 Å². The molecule has 2 rings (SSSR count). The zero-order valence-electron chi connectivity index (χ0n) is 16.7. The van der Waals surface area contributed by atoms with Gasteiger partial charge in [-0.3, -0.25) is 19.8 Å². The Labute approximate surface area is 163 Å². The first kappa shape index (κ1) is 21.2. The summed E-state index contributed by atoms with van der Waals surface area (Å²) < 4.78 is 5.09. The number of amides is 4. The lowest BCUT2D eigenvalue weighted by atomic mass is 10.2. The second-order valence-electron chi connectivity index (χ2n) is 7.61. The molecule has 1 aromatic rings. The summed E-state index contributed by atoms with van der Waals surface area (Å²) in [5, 5.41) is 6.09. The third-order valence-corrected chi connectivity index (χ3v) is 3.92. The molecule has 4 amide bonds. The third kappa shape index (κ3) is 5.45. The first-order valence-corrected chi connectivity index (χ1v) is 8.99. The first-order valence-electron chi connectivity index (χ1n) is 8.99. The van der Waals surface area contributed by atoms with E-state index >= 15 is 0 Å². The number of alkyl carbamates (subject to hydrolysis) is 1. The molecule has 1 aromatic carbocycles. The number of hydrazine groups is 1. The summed E-state index contributed by atoms with van der Waals surface area (Å²) in [4.78, 5) is 48.5. The van der Waals surface area contributed by atoms with Gasteiger partial charge in [0.05, 0.1) is 12.1 Å². The van der Waals surface area contributed by atoms with Gasteiger partial charge in [-0.2, -0.15) is 0 Å². The number of nitrogens with one attached hydrogen (secondary N) is 3. The fourth-order valence-corrected chi connectivity index (χ4v) is 2.54. The smallest absolute Gasteiger partial charge is 0.408 e. The predicted octanol–water partition coefficient (Wildman–Crippen LogP) is 1.02. The third-order valence-electron chi connectivity index (χ3n) is 3.92. The summed E-state index contributed by atoms with van der Waals surface area (Å²) in [6.07, 6.45) is -0.528. The van der Waals surface area contributed by atoms with E-state index in [1.807, 2.05) is 12.1 Å². The minimum atomic E-state index is -0.920. The van der Waals surface area contributed by atoms with E-state index in [2.05, 4.69) is 16.1 Å². The van der Waals surface area contributed by atoms with E-state index in [0.29, 0.717) is 5.69 Å². The lowest BCUT2D eigenvalue weighted by Crippen LogP contribution is -2.55. The second kappa shape index (κ2) is 8.28. The van der Waals surface area contributed by atoms with Crippen molar-refractivity contribution in [2.45, 2.75) is 58.7 Å². The van der Waals surface area contributed by atoms with Crippen LogP contribution >= 0.6 is 0 Å². The molecule has 9 heteroatoms. The topological polar surface area (TPSA) is 117 Å². The maximum absolute atomic E-state index is 12.4. The molecule has 0 saturated heterocycles. The van der Waals surface area contributed by atoms with Crippen molar-refractivity contribution >= 4 is 29.5 Å². The van der Waals surface area contributed by atoms with Crippen LogP contribution in [0.3, 0.4) is 0 Å². The van der Waals surface area contributed by atoms with Crippen LogP contribution in [0.15, 0.2) is 24.3 Å². The summed E-state index contributed by atoms with van der Waals surface area (Å²) >= 11 is 0. The summed E-state index contributed by atoms with van der Waals surface area (Å²) in [5.41, 5.74) is 3.26. The molecule has 0 aromatic heterocycles. The molecule has 0 unspecified atom stereocenters. The van der Waals surface area contributed by atoms with Gasteiger partial charge in [0.1, 0.15) is 17.7 Å². The van der Waals surface area contributed by atoms with Crippen LogP contribution in [0.4, 0.5) is 10.5 Å². The average Bonchev–Trinajstić information content (AvgIpc) is 2.88. The van der Waals surface area contributed by atoms with Gasteiger partial charge in [-0.1, -0.05) is 18.2 Å². The molecule has 1 heterocycles. The van der Waals surface area contributed by atoms with E-state index in [1.165, 1.54) is 18.9 Å². The number of fused-ring (bicyclic) bond motifs is 1. The molecule has 0 aliphatic carbocycles. The normalized spacial score (nSPS) is 15.3. The Morgan fingerprint density at radius 3 is 2.29 bits per heavy atom. The molecule has 152 valence electrons. The number of nitrogens with zero attached hydrogens (tertiary/aromatic N) is 1. The van der Waals surface area contributed by atoms with Crippen LogP contribution in [-0.4, -0.2) is 41.5 Å². The van der Waals surface area contributed by atoms with Crippen molar-refractivity contribution < 1.29 is 23.9 Å². The number of carbonyl (C=O) groups is 4. The number of rotatable bonds is 5. The Morgan fingerprint density at radius 1 is 1.04 bits per heavy atom. The van der Waals surface area contributed by atoms with Gasteiger partial charge in [0, 0.05) is 0 Å². The van der Waals surface area contributed by atoms with Gasteiger partial charge in [-0.15, -0.1) is 0 Å². The molecule has 2 atom stereocenters. The Hall–Kier alpha value is -3.10. The number of carbonyl (C=O) groups excluding carboxylic acids is 4. The SMILES string of the molecule is C[C@H](NC(=O)OC(C)(C)C)C(=O)N[C@@H](C)C(=O)NN1C(=O)Cc2ccccc21. The van der Waals surface area contributed by atoms with Gasteiger partial charge >= 0.3 is 6.09 Å². The lowest BCUT2D eigenvalue weighted by molar-refractivity contribution is -0.130. The Morgan fingerprint density at radius 2 is 1.64 bits per heavy atom. The molecular weight excluding hydrogens is 364 g/mol. The van der Waals surface area contributed by atoms with E-state index in [1.54, 1.807) is 32.9 Å². The average molecular weight is 390 g/mol. The van der Waals surface area contributed by atoms with Crippen LogP contribution in [0.2, 0.25) is 0 Å². The predicted molar refractivity (Wildman–Crippen MR) is 102 cm³/mol. The Kier molecular flexibility index (Phi) is 6.27. The van der Waals surface area contributed by atoms with Gasteiger partial charge in [-0.05, 0) is 46.2 Å². The molecule has 1 aliphatic rings. The first-order chi connectivity index (χ1) is 13.0. The summed E-state index contributed by atoms with van der Waals surface area (Å²) in [6, 6.07) is 5.31. The van der Waals surface area contributed by atoms with Crippen LogP contribution < -0.4 is 21.1 Å². The zero-order chi connectivity index (χ0) is 21.1. The van der Waals surface area contributed by atoms with E-state index in [-0.39, 0.29) is 12.3 Å². The summed E-state index contributed by atoms with van der Waals surface area (Å²) in [5.74, 6) is -1.36. The standard InChI is InChI=1S/C19H26N4O5/c1-11(21-18(27)28-19(3,4)5)16(25)20-12(2)17(26)22-23-14-9-7-6-8-13(14)10-15(23)24/h6-9,11-12H,10H2,1-5H3,(H,20,25)(H,21,27)(H,22,26)/t11-,12-/m0/s1. The van der Waals surface area contributed by atoms with Crippen molar-refractivity contribution in [3.05, 3.63) is 29.8 Å². The number of hydrogen-bond donors (Lipinski definition) is 3. The summed E-state index contributed by atoms with van der Waals surface area (Å²) in [7, 11) is 0. The van der Waals surface area contributed by atoms with Gasteiger partial charge in [0.15, 0.2) is 0 Å². The number of benzene rings is 1. The van der Waals surface area contributed by atoms with Crippen LogP contribution in [-0.2, 0) is 25.5 Å². The molecular formula is C19H26N4O5. The second-order valence-corrected chi connectivity index (χ2v) is 7.61. The summed E-state index contributed by atoms with van der Waals surface area (Å²) in [6.45, 7) is 8.09. The number of para-hydroxylation sites is 1. The number of hydrogen-bond acceptors (Lipinski definition) is 5. The molecule has 9 nitrogen and oxygen atoms in total. The minimum absolute atomic E-state index is 0.202. The largest absolute Gasteiger partial charge is 0.444 e. The highest BCUT2D eigenvalue weighted by molar-refractivity contribution is 6.04. The van der Waals surface area contributed by atoms with Gasteiger partial charge < -0.3 is 15.4 Å². The van der Waals surface area contributed by atoms with E-state index < -0.39 is 35.6 Å². The van der Waals surface area contributed by atoms with Crippen LogP contribution in [0.5, 0.6) is 0 Å². The molecule has 3 N–H and O–H groups in total. The van der Waals surface area contributed by atoms with E-state index in [0.717, 1.165) is 5.56 Å². The molecule has 0 saturated carbocycles. The highest BCUT2D eigenvalue weighted by atomic mass is 16.6.